The number of para-hydroxylation sites is 2. The number of benzene rings is 3. The first-order valence-electron chi connectivity index (χ1n) is 11.5. The van der Waals surface area contributed by atoms with Gasteiger partial charge in [0.2, 0.25) is 5.91 Å². The monoisotopic (exact) mass is 544 g/mol. The summed E-state index contributed by atoms with van der Waals surface area (Å²) >= 11 is 12.0. The lowest BCUT2D eigenvalue weighted by molar-refractivity contribution is -0.147. The SMILES string of the molecule is CCOc1ccccc1NC(=O)COC(=O)CCCC(=O)Nc1ccc(Oc2ccc(Cl)cc2Cl)cc1. The van der Waals surface area contributed by atoms with Gasteiger partial charge in [0.1, 0.15) is 17.2 Å². The Labute approximate surface area is 224 Å². The van der Waals surface area contributed by atoms with Gasteiger partial charge in [-0.3, -0.25) is 14.4 Å². The van der Waals surface area contributed by atoms with E-state index in [0.29, 0.717) is 45.3 Å². The van der Waals surface area contributed by atoms with E-state index in [9.17, 15) is 14.4 Å². The molecule has 3 rings (SSSR count). The van der Waals surface area contributed by atoms with Crippen LogP contribution in [0.15, 0.2) is 66.7 Å². The topological polar surface area (TPSA) is 103 Å². The fourth-order valence-corrected chi connectivity index (χ4v) is 3.61. The van der Waals surface area contributed by atoms with Crippen LogP contribution >= 0.6 is 23.2 Å². The third-order valence-corrected chi connectivity index (χ3v) is 5.40. The van der Waals surface area contributed by atoms with E-state index in [2.05, 4.69) is 10.6 Å². The third kappa shape index (κ3) is 9.33. The van der Waals surface area contributed by atoms with Crippen molar-refractivity contribution in [3.8, 4) is 17.2 Å². The molecule has 3 aromatic rings. The van der Waals surface area contributed by atoms with Crippen LogP contribution in [0.2, 0.25) is 10.0 Å². The molecule has 0 aliphatic carbocycles. The highest BCUT2D eigenvalue weighted by Gasteiger charge is 2.12. The van der Waals surface area contributed by atoms with Crippen molar-refractivity contribution in [2.24, 2.45) is 0 Å². The largest absolute Gasteiger partial charge is 0.492 e. The van der Waals surface area contributed by atoms with Crippen LogP contribution in [0.5, 0.6) is 17.2 Å². The van der Waals surface area contributed by atoms with Crippen LogP contribution < -0.4 is 20.1 Å². The molecule has 0 aliphatic rings. The lowest BCUT2D eigenvalue weighted by Gasteiger charge is -2.11. The minimum absolute atomic E-state index is 0.00482. The summed E-state index contributed by atoms with van der Waals surface area (Å²) < 4.78 is 16.2. The summed E-state index contributed by atoms with van der Waals surface area (Å²) in [7, 11) is 0. The van der Waals surface area contributed by atoms with Gasteiger partial charge < -0.3 is 24.8 Å². The Morgan fingerprint density at radius 2 is 1.59 bits per heavy atom. The molecule has 8 nitrogen and oxygen atoms in total. The number of halogens is 2. The first-order chi connectivity index (χ1) is 17.8. The molecule has 0 saturated heterocycles. The van der Waals surface area contributed by atoms with Gasteiger partial charge in [-0.1, -0.05) is 35.3 Å². The molecule has 37 heavy (non-hydrogen) atoms. The number of carbonyl (C=O) groups excluding carboxylic acids is 3. The smallest absolute Gasteiger partial charge is 0.306 e. The summed E-state index contributed by atoms with van der Waals surface area (Å²) in [6.07, 6.45) is 0.391. The fourth-order valence-electron chi connectivity index (χ4n) is 3.16. The van der Waals surface area contributed by atoms with E-state index in [4.69, 9.17) is 37.4 Å². The van der Waals surface area contributed by atoms with Crippen LogP contribution in [0.25, 0.3) is 0 Å². The van der Waals surface area contributed by atoms with Crippen LogP contribution in [-0.2, 0) is 19.1 Å². The van der Waals surface area contributed by atoms with E-state index in [1.807, 2.05) is 6.92 Å². The number of amides is 2. The maximum absolute atomic E-state index is 12.2. The minimum atomic E-state index is -0.566. The Morgan fingerprint density at radius 3 is 2.32 bits per heavy atom. The molecule has 2 N–H and O–H groups in total. The van der Waals surface area contributed by atoms with E-state index in [-0.39, 0.29) is 25.2 Å². The van der Waals surface area contributed by atoms with Gasteiger partial charge in [0.25, 0.3) is 5.91 Å². The third-order valence-electron chi connectivity index (χ3n) is 4.87. The predicted octanol–water partition coefficient (Wildman–Crippen LogP) is 6.48. The van der Waals surface area contributed by atoms with Crippen LogP contribution in [-0.4, -0.2) is 31.0 Å². The second kappa shape index (κ2) is 14.1. The highest BCUT2D eigenvalue weighted by molar-refractivity contribution is 6.35. The fraction of sp³-hybridized carbons (Fsp3) is 0.222. The lowest BCUT2D eigenvalue weighted by atomic mass is 10.2. The van der Waals surface area contributed by atoms with Gasteiger partial charge in [0, 0.05) is 23.6 Å². The van der Waals surface area contributed by atoms with Gasteiger partial charge in [0.15, 0.2) is 6.61 Å². The van der Waals surface area contributed by atoms with Crippen molar-refractivity contribution in [2.45, 2.75) is 26.2 Å². The number of nitrogens with one attached hydrogen (secondary N) is 2. The molecule has 0 unspecified atom stereocenters. The zero-order valence-corrected chi connectivity index (χ0v) is 21.6. The molecular formula is C27H26Cl2N2O6. The first kappa shape index (κ1) is 27.8. The number of anilines is 2. The Kier molecular flexibility index (Phi) is 10.6. The summed E-state index contributed by atoms with van der Waals surface area (Å²) in [5, 5.41) is 6.29. The molecule has 0 saturated carbocycles. The molecule has 0 radical (unpaired) electrons. The van der Waals surface area contributed by atoms with E-state index in [0.717, 1.165) is 0 Å². The Morgan fingerprint density at radius 1 is 0.838 bits per heavy atom. The maximum atomic E-state index is 12.2. The average molecular weight is 545 g/mol. The normalized spacial score (nSPS) is 10.4. The molecular weight excluding hydrogens is 519 g/mol. The molecule has 0 spiro atoms. The number of esters is 1. The van der Waals surface area contributed by atoms with E-state index in [1.54, 1.807) is 66.7 Å². The van der Waals surface area contributed by atoms with Gasteiger partial charge in [-0.05, 0) is 67.9 Å². The predicted molar refractivity (Wildman–Crippen MR) is 143 cm³/mol. The summed E-state index contributed by atoms with van der Waals surface area (Å²) in [6, 6.07) is 18.7. The Hall–Kier alpha value is -3.75. The van der Waals surface area contributed by atoms with Crippen molar-refractivity contribution in [1.29, 1.82) is 0 Å². The number of hydrogen-bond donors (Lipinski definition) is 2. The molecule has 2 amide bonds. The Bertz CT molecular complexity index is 1230. The van der Waals surface area contributed by atoms with Crippen molar-refractivity contribution in [2.75, 3.05) is 23.8 Å². The van der Waals surface area contributed by atoms with Gasteiger partial charge in [-0.2, -0.15) is 0 Å². The average Bonchev–Trinajstić information content (AvgIpc) is 2.87. The molecule has 0 fully saturated rings. The maximum Gasteiger partial charge on any atom is 0.306 e. The molecule has 0 aromatic heterocycles. The van der Waals surface area contributed by atoms with Crippen LogP contribution in [0, 0.1) is 0 Å². The molecule has 10 heteroatoms. The zero-order chi connectivity index (χ0) is 26.6. The highest BCUT2D eigenvalue weighted by Crippen LogP contribution is 2.32. The van der Waals surface area contributed by atoms with Crippen molar-refractivity contribution in [1.82, 2.24) is 0 Å². The van der Waals surface area contributed by atoms with Gasteiger partial charge in [-0.25, -0.2) is 0 Å². The molecule has 0 aliphatic heterocycles. The number of ether oxygens (including phenoxy) is 3. The van der Waals surface area contributed by atoms with E-state index < -0.39 is 18.5 Å². The van der Waals surface area contributed by atoms with E-state index in [1.165, 1.54) is 0 Å². The molecule has 0 atom stereocenters. The zero-order valence-electron chi connectivity index (χ0n) is 20.1. The second-order valence-electron chi connectivity index (χ2n) is 7.74. The molecule has 3 aromatic carbocycles. The van der Waals surface area contributed by atoms with E-state index >= 15 is 0 Å². The molecule has 0 heterocycles. The Balaban J connectivity index is 1.35. The van der Waals surface area contributed by atoms with Gasteiger partial charge in [0.05, 0.1) is 17.3 Å². The summed E-state index contributed by atoms with van der Waals surface area (Å²) in [4.78, 5) is 36.2. The van der Waals surface area contributed by atoms with Crippen molar-refractivity contribution < 1.29 is 28.6 Å². The summed E-state index contributed by atoms with van der Waals surface area (Å²) in [5.74, 6) is 0.224. The van der Waals surface area contributed by atoms with Crippen molar-refractivity contribution in [3.05, 3.63) is 76.8 Å². The van der Waals surface area contributed by atoms with Crippen molar-refractivity contribution in [3.63, 3.8) is 0 Å². The lowest BCUT2D eigenvalue weighted by Crippen LogP contribution is -2.21. The minimum Gasteiger partial charge on any atom is -0.492 e. The van der Waals surface area contributed by atoms with Crippen LogP contribution in [0.4, 0.5) is 11.4 Å². The number of rotatable bonds is 12. The molecule has 194 valence electrons. The standard InChI is InChI=1S/C27H26Cl2N2O6/c1-2-35-24-7-4-3-6-22(24)31-26(33)17-36-27(34)9-5-8-25(32)30-19-11-13-20(14-12-19)37-23-15-10-18(28)16-21(23)29/h3-4,6-7,10-16H,2,5,8-9,17H2,1H3,(H,30,32)(H,31,33). The van der Waals surface area contributed by atoms with Crippen LogP contribution in [0.3, 0.4) is 0 Å². The summed E-state index contributed by atoms with van der Waals surface area (Å²) in [5.41, 5.74) is 1.07. The number of hydrogen-bond acceptors (Lipinski definition) is 6. The quantitative estimate of drug-likeness (QED) is 0.253. The van der Waals surface area contributed by atoms with Crippen molar-refractivity contribution >= 4 is 52.4 Å². The molecule has 0 bridgehead atoms. The highest BCUT2D eigenvalue weighted by atomic mass is 35.5. The van der Waals surface area contributed by atoms with Crippen LogP contribution in [0.1, 0.15) is 26.2 Å². The summed E-state index contributed by atoms with van der Waals surface area (Å²) in [6.45, 7) is 1.86. The number of carbonyl (C=O) groups is 3. The van der Waals surface area contributed by atoms with Gasteiger partial charge >= 0.3 is 5.97 Å². The second-order valence-corrected chi connectivity index (χ2v) is 8.58. The first-order valence-corrected chi connectivity index (χ1v) is 12.3. The van der Waals surface area contributed by atoms with Gasteiger partial charge in [-0.15, -0.1) is 0 Å².